The van der Waals surface area contributed by atoms with Gasteiger partial charge in [-0.05, 0) is 30.0 Å². The molecular weight excluding hydrogens is 292 g/mol. The van der Waals surface area contributed by atoms with Gasteiger partial charge in [0.1, 0.15) is 0 Å². The van der Waals surface area contributed by atoms with Crippen molar-refractivity contribution in [3.63, 3.8) is 0 Å². The maximum Gasteiger partial charge on any atom is 0.0772 e. The lowest BCUT2D eigenvalue weighted by Crippen LogP contribution is -2.43. The number of nitrogens with zero attached hydrogens (tertiary/aromatic N) is 1. The summed E-state index contributed by atoms with van der Waals surface area (Å²) >= 11 is 3.58. The maximum atomic E-state index is 5.68. The number of hydrogen-bond acceptors (Lipinski definition) is 3. The molecule has 2 atom stereocenters. The molecule has 1 fully saturated rings. The standard InChI is InChI=1S/C14H21BrN2O/c1-10-5-6-17(9-14(10)18-2)12-4-3-11(8-16)13(15)7-12/h3-4,7,10,14H,5-6,8-9,16H2,1-2H3. The molecule has 0 amide bonds. The summed E-state index contributed by atoms with van der Waals surface area (Å²) in [5, 5.41) is 0. The molecule has 1 aromatic rings. The van der Waals surface area contributed by atoms with Crippen molar-refractivity contribution in [1.82, 2.24) is 0 Å². The van der Waals surface area contributed by atoms with Crippen molar-refractivity contribution in [2.75, 3.05) is 25.1 Å². The maximum absolute atomic E-state index is 5.68. The van der Waals surface area contributed by atoms with Crippen molar-refractivity contribution in [3.8, 4) is 0 Å². The number of ether oxygens (including phenoxy) is 1. The normalized spacial score (nSPS) is 24.3. The molecule has 2 unspecified atom stereocenters. The average molecular weight is 313 g/mol. The Morgan fingerprint density at radius 3 is 2.89 bits per heavy atom. The van der Waals surface area contributed by atoms with Gasteiger partial charge < -0.3 is 15.4 Å². The van der Waals surface area contributed by atoms with Crippen molar-refractivity contribution >= 4 is 21.6 Å². The number of methoxy groups -OCH3 is 1. The molecule has 0 bridgehead atoms. The fourth-order valence-electron chi connectivity index (χ4n) is 2.47. The summed E-state index contributed by atoms with van der Waals surface area (Å²) in [6, 6.07) is 6.40. The molecule has 0 spiro atoms. The van der Waals surface area contributed by atoms with Crippen LogP contribution in [0.2, 0.25) is 0 Å². The second-order valence-electron chi connectivity index (χ2n) is 4.97. The van der Waals surface area contributed by atoms with Crippen LogP contribution in [0.4, 0.5) is 5.69 Å². The molecule has 3 nitrogen and oxygen atoms in total. The van der Waals surface area contributed by atoms with Gasteiger partial charge in [0.05, 0.1) is 6.10 Å². The predicted molar refractivity (Wildman–Crippen MR) is 78.8 cm³/mol. The summed E-state index contributed by atoms with van der Waals surface area (Å²) in [7, 11) is 1.80. The van der Waals surface area contributed by atoms with Crippen LogP contribution in [0.15, 0.2) is 22.7 Å². The number of hydrogen-bond donors (Lipinski definition) is 1. The topological polar surface area (TPSA) is 38.5 Å². The highest BCUT2D eigenvalue weighted by Crippen LogP contribution is 2.28. The van der Waals surface area contributed by atoms with Gasteiger partial charge in [-0.15, -0.1) is 0 Å². The molecule has 2 N–H and O–H groups in total. The fourth-order valence-corrected chi connectivity index (χ4v) is 3.00. The van der Waals surface area contributed by atoms with Gasteiger partial charge >= 0.3 is 0 Å². The van der Waals surface area contributed by atoms with Crippen LogP contribution < -0.4 is 10.6 Å². The van der Waals surface area contributed by atoms with E-state index in [1.807, 2.05) is 0 Å². The van der Waals surface area contributed by atoms with Crippen molar-refractivity contribution in [2.24, 2.45) is 11.7 Å². The lowest BCUT2D eigenvalue weighted by atomic mass is 9.95. The number of nitrogens with two attached hydrogens (primary N) is 1. The van der Waals surface area contributed by atoms with Gasteiger partial charge in [-0.1, -0.05) is 28.9 Å². The number of rotatable bonds is 3. The van der Waals surface area contributed by atoms with Crippen LogP contribution in [-0.2, 0) is 11.3 Å². The molecule has 100 valence electrons. The number of anilines is 1. The highest BCUT2D eigenvalue weighted by atomic mass is 79.9. The van der Waals surface area contributed by atoms with Gasteiger partial charge in [0, 0.05) is 36.9 Å². The minimum absolute atomic E-state index is 0.326. The second-order valence-corrected chi connectivity index (χ2v) is 5.82. The van der Waals surface area contributed by atoms with E-state index in [2.05, 4.69) is 46.0 Å². The molecule has 18 heavy (non-hydrogen) atoms. The molecule has 1 saturated heterocycles. The van der Waals surface area contributed by atoms with E-state index >= 15 is 0 Å². The van der Waals surface area contributed by atoms with E-state index < -0.39 is 0 Å². The Kier molecular flexibility index (Phi) is 4.65. The van der Waals surface area contributed by atoms with Crippen LogP contribution in [0, 0.1) is 5.92 Å². The summed E-state index contributed by atoms with van der Waals surface area (Å²) in [6.45, 7) is 4.89. The Bertz CT molecular complexity index is 411. The van der Waals surface area contributed by atoms with Crippen molar-refractivity contribution in [3.05, 3.63) is 28.2 Å². The molecule has 4 heteroatoms. The van der Waals surface area contributed by atoms with E-state index in [-0.39, 0.29) is 0 Å². The van der Waals surface area contributed by atoms with E-state index in [1.165, 1.54) is 12.1 Å². The van der Waals surface area contributed by atoms with Gasteiger partial charge in [0.15, 0.2) is 0 Å². The van der Waals surface area contributed by atoms with E-state index in [9.17, 15) is 0 Å². The van der Waals surface area contributed by atoms with Crippen LogP contribution in [0.3, 0.4) is 0 Å². The zero-order valence-corrected chi connectivity index (χ0v) is 12.6. The minimum atomic E-state index is 0.326. The molecule has 1 aliphatic heterocycles. The average Bonchev–Trinajstić information content (AvgIpc) is 2.39. The van der Waals surface area contributed by atoms with Crippen LogP contribution in [-0.4, -0.2) is 26.3 Å². The monoisotopic (exact) mass is 312 g/mol. The van der Waals surface area contributed by atoms with Crippen molar-refractivity contribution < 1.29 is 4.74 Å². The molecule has 2 rings (SSSR count). The zero-order valence-electron chi connectivity index (χ0n) is 11.0. The number of halogens is 1. The van der Waals surface area contributed by atoms with Crippen LogP contribution in [0.5, 0.6) is 0 Å². The first-order chi connectivity index (χ1) is 8.65. The summed E-state index contributed by atoms with van der Waals surface area (Å²) in [4.78, 5) is 2.39. The molecular formula is C14H21BrN2O. The highest BCUT2D eigenvalue weighted by molar-refractivity contribution is 9.10. The van der Waals surface area contributed by atoms with Gasteiger partial charge in [0.2, 0.25) is 0 Å². The number of benzene rings is 1. The van der Waals surface area contributed by atoms with E-state index in [0.29, 0.717) is 18.6 Å². The van der Waals surface area contributed by atoms with Crippen LogP contribution in [0.1, 0.15) is 18.9 Å². The summed E-state index contributed by atoms with van der Waals surface area (Å²) < 4.78 is 6.65. The molecule has 0 aliphatic carbocycles. The SMILES string of the molecule is COC1CN(c2ccc(CN)c(Br)c2)CCC1C. The van der Waals surface area contributed by atoms with Crippen LogP contribution in [0.25, 0.3) is 0 Å². The van der Waals surface area contributed by atoms with Gasteiger partial charge in [-0.2, -0.15) is 0 Å². The lowest BCUT2D eigenvalue weighted by Gasteiger charge is -2.37. The smallest absolute Gasteiger partial charge is 0.0772 e. The molecule has 1 aromatic carbocycles. The van der Waals surface area contributed by atoms with Gasteiger partial charge in [-0.3, -0.25) is 0 Å². The summed E-state index contributed by atoms with van der Waals surface area (Å²) in [5.41, 5.74) is 8.07. The zero-order chi connectivity index (χ0) is 13.1. The largest absolute Gasteiger partial charge is 0.379 e. The quantitative estimate of drug-likeness (QED) is 0.932. The fraction of sp³-hybridized carbons (Fsp3) is 0.571. The first-order valence-corrected chi connectivity index (χ1v) is 7.21. The lowest BCUT2D eigenvalue weighted by molar-refractivity contribution is 0.0498. The third kappa shape index (κ3) is 2.87. The van der Waals surface area contributed by atoms with Gasteiger partial charge in [-0.25, -0.2) is 0 Å². The molecule has 0 saturated carbocycles. The Morgan fingerprint density at radius 2 is 2.28 bits per heavy atom. The molecule has 1 aliphatic rings. The predicted octanol–water partition coefficient (Wildman–Crippen LogP) is 2.77. The van der Waals surface area contributed by atoms with Gasteiger partial charge in [0.25, 0.3) is 0 Å². The Balaban J connectivity index is 2.14. The van der Waals surface area contributed by atoms with Crippen molar-refractivity contribution in [1.29, 1.82) is 0 Å². The third-order valence-corrected chi connectivity index (χ3v) is 4.55. The molecule has 0 aromatic heterocycles. The second kappa shape index (κ2) is 6.04. The summed E-state index contributed by atoms with van der Waals surface area (Å²) in [6.07, 6.45) is 1.50. The first-order valence-electron chi connectivity index (χ1n) is 6.42. The Hall–Kier alpha value is -0.580. The van der Waals surface area contributed by atoms with Crippen LogP contribution >= 0.6 is 15.9 Å². The third-order valence-electron chi connectivity index (χ3n) is 3.81. The first kappa shape index (κ1) is 13.8. The summed E-state index contributed by atoms with van der Waals surface area (Å²) in [5.74, 6) is 0.637. The van der Waals surface area contributed by atoms with E-state index in [1.54, 1.807) is 7.11 Å². The minimum Gasteiger partial charge on any atom is -0.379 e. The van der Waals surface area contributed by atoms with E-state index in [4.69, 9.17) is 10.5 Å². The number of piperidine rings is 1. The highest BCUT2D eigenvalue weighted by Gasteiger charge is 2.26. The molecule has 1 heterocycles. The Labute approximate surface area is 117 Å². The Morgan fingerprint density at radius 1 is 1.50 bits per heavy atom. The molecule has 0 radical (unpaired) electrons. The van der Waals surface area contributed by atoms with E-state index in [0.717, 1.165) is 23.1 Å². The van der Waals surface area contributed by atoms with Crippen molar-refractivity contribution in [2.45, 2.75) is 26.0 Å².